The van der Waals surface area contributed by atoms with E-state index in [2.05, 4.69) is 10.3 Å². The minimum atomic E-state index is -0.603. The lowest BCUT2D eigenvalue weighted by molar-refractivity contribution is 0.102. The van der Waals surface area contributed by atoms with Gasteiger partial charge in [0, 0.05) is 23.6 Å². The quantitative estimate of drug-likeness (QED) is 0.798. The fraction of sp³-hybridized carbons (Fsp3) is 0.0769. The maximum absolute atomic E-state index is 13.2. The summed E-state index contributed by atoms with van der Waals surface area (Å²) in [6, 6.07) is 5.63. The number of benzene rings is 1. The molecule has 0 saturated heterocycles. The summed E-state index contributed by atoms with van der Waals surface area (Å²) in [5, 5.41) is 2.69. The highest BCUT2D eigenvalue weighted by Gasteiger charge is 2.09. The number of aromatic nitrogens is 1. The summed E-state index contributed by atoms with van der Waals surface area (Å²) in [7, 11) is 0. The number of nitrogens with two attached hydrogens (primary N) is 1. The van der Waals surface area contributed by atoms with Crippen molar-refractivity contribution in [3.05, 3.63) is 53.6 Å². The second-order valence-corrected chi connectivity index (χ2v) is 3.88. The second kappa shape index (κ2) is 4.83. The van der Waals surface area contributed by atoms with Gasteiger partial charge in [0.25, 0.3) is 5.91 Å². The van der Waals surface area contributed by atoms with Crippen LogP contribution in [0.3, 0.4) is 0 Å². The third kappa shape index (κ3) is 2.45. The molecule has 2 rings (SSSR count). The van der Waals surface area contributed by atoms with Crippen LogP contribution in [-0.4, -0.2) is 10.9 Å². The summed E-state index contributed by atoms with van der Waals surface area (Å²) < 4.78 is 13.2. The number of pyridine rings is 1. The van der Waals surface area contributed by atoms with Gasteiger partial charge in [-0.3, -0.25) is 9.78 Å². The van der Waals surface area contributed by atoms with Crippen molar-refractivity contribution in [2.24, 2.45) is 0 Å². The molecule has 18 heavy (non-hydrogen) atoms. The molecular weight excluding hydrogens is 233 g/mol. The molecule has 4 nitrogen and oxygen atoms in total. The monoisotopic (exact) mass is 245 g/mol. The molecule has 1 heterocycles. The van der Waals surface area contributed by atoms with E-state index in [1.54, 1.807) is 18.5 Å². The van der Waals surface area contributed by atoms with Crippen LogP contribution in [0.25, 0.3) is 0 Å². The first-order chi connectivity index (χ1) is 8.58. The van der Waals surface area contributed by atoms with Crippen LogP contribution in [-0.2, 0) is 0 Å². The second-order valence-electron chi connectivity index (χ2n) is 3.88. The maximum atomic E-state index is 13.2. The Morgan fingerprint density at radius 1 is 1.39 bits per heavy atom. The smallest absolute Gasteiger partial charge is 0.255 e. The molecule has 0 fully saturated rings. The molecule has 0 bridgehead atoms. The standard InChI is InChI=1S/C13H12FN3O/c1-8-7-16-5-4-12(8)17-13(18)9-2-3-11(15)10(14)6-9/h2-7H,15H2,1H3,(H,16,17,18). The van der Waals surface area contributed by atoms with Crippen molar-refractivity contribution in [2.45, 2.75) is 6.92 Å². The number of carbonyl (C=O) groups excluding carboxylic acids is 1. The third-order valence-electron chi connectivity index (χ3n) is 2.53. The van der Waals surface area contributed by atoms with Crippen molar-refractivity contribution in [2.75, 3.05) is 11.1 Å². The van der Waals surface area contributed by atoms with E-state index in [-0.39, 0.29) is 17.2 Å². The van der Waals surface area contributed by atoms with Crippen molar-refractivity contribution in [1.82, 2.24) is 4.98 Å². The summed E-state index contributed by atoms with van der Waals surface area (Å²) in [5.41, 5.74) is 7.07. The van der Waals surface area contributed by atoms with Gasteiger partial charge in [-0.25, -0.2) is 4.39 Å². The van der Waals surface area contributed by atoms with Gasteiger partial charge in [0.15, 0.2) is 0 Å². The highest BCUT2D eigenvalue weighted by molar-refractivity contribution is 6.04. The Morgan fingerprint density at radius 3 is 2.83 bits per heavy atom. The first-order valence-corrected chi connectivity index (χ1v) is 5.35. The van der Waals surface area contributed by atoms with Gasteiger partial charge in [0.05, 0.1) is 5.69 Å². The first kappa shape index (κ1) is 12.0. The predicted molar refractivity (Wildman–Crippen MR) is 67.7 cm³/mol. The highest BCUT2D eigenvalue weighted by Crippen LogP contribution is 2.16. The number of anilines is 2. The van der Waals surface area contributed by atoms with Crippen molar-refractivity contribution in [1.29, 1.82) is 0 Å². The molecule has 0 unspecified atom stereocenters. The SMILES string of the molecule is Cc1cnccc1NC(=O)c1ccc(N)c(F)c1. The Bertz CT molecular complexity index is 599. The first-order valence-electron chi connectivity index (χ1n) is 5.35. The van der Waals surface area contributed by atoms with E-state index in [1.807, 2.05) is 6.92 Å². The molecule has 5 heteroatoms. The number of nitrogens with zero attached hydrogens (tertiary/aromatic N) is 1. The van der Waals surface area contributed by atoms with Gasteiger partial charge in [0.1, 0.15) is 5.82 Å². The van der Waals surface area contributed by atoms with E-state index in [9.17, 15) is 9.18 Å². The summed E-state index contributed by atoms with van der Waals surface area (Å²) in [4.78, 5) is 15.8. The number of nitrogen functional groups attached to an aromatic ring is 1. The number of nitrogens with one attached hydrogen (secondary N) is 1. The molecule has 1 amide bonds. The van der Waals surface area contributed by atoms with Crippen molar-refractivity contribution >= 4 is 17.3 Å². The van der Waals surface area contributed by atoms with E-state index >= 15 is 0 Å². The number of halogens is 1. The molecule has 0 atom stereocenters. The number of carbonyl (C=O) groups is 1. The lowest BCUT2D eigenvalue weighted by Gasteiger charge is -2.08. The van der Waals surface area contributed by atoms with Gasteiger partial charge in [-0.2, -0.15) is 0 Å². The maximum Gasteiger partial charge on any atom is 0.255 e. The molecule has 0 spiro atoms. The number of hydrogen-bond donors (Lipinski definition) is 2. The van der Waals surface area contributed by atoms with Gasteiger partial charge in [-0.05, 0) is 36.8 Å². The lowest BCUT2D eigenvalue weighted by Crippen LogP contribution is -2.13. The highest BCUT2D eigenvalue weighted by atomic mass is 19.1. The number of hydrogen-bond acceptors (Lipinski definition) is 3. The summed E-state index contributed by atoms with van der Waals surface area (Å²) in [6.45, 7) is 1.83. The molecular formula is C13H12FN3O. The van der Waals surface area contributed by atoms with Crippen LogP contribution >= 0.6 is 0 Å². The fourth-order valence-corrected chi connectivity index (χ4v) is 1.48. The molecule has 0 aliphatic carbocycles. The Balaban J connectivity index is 2.22. The zero-order valence-corrected chi connectivity index (χ0v) is 9.77. The van der Waals surface area contributed by atoms with E-state index in [1.165, 1.54) is 12.1 Å². The Hall–Kier alpha value is -2.43. The van der Waals surface area contributed by atoms with Crippen LogP contribution in [0.2, 0.25) is 0 Å². The average Bonchev–Trinajstić information content (AvgIpc) is 2.35. The van der Waals surface area contributed by atoms with Crippen molar-refractivity contribution < 1.29 is 9.18 Å². The Labute approximate surface area is 104 Å². The molecule has 0 saturated carbocycles. The molecule has 0 aliphatic rings. The van der Waals surface area contributed by atoms with Gasteiger partial charge < -0.3 is 11.1 Å². The largest absolute Gasteiger partial charge is 0.396 e. The topological polar surface area (TPSA) is 68.0 Å². The van der Waals surface area contributed by atoms with Crippen LogP contribution in [0.1, 0.15) is 15.9 Å². The van der Waals surface area contributed by atoms with E-state index < -0.39 is 5.82 Å². The number of rotatable bonds is 2. The third-order valence-corrected chi connectivity index (χ3v) is 2.53. The summed E-state index contributed by atoms with van der Waals surface area (Å²) >= 11 is 0. The van der Waals surface area contributed by atoms with E-state index in [4.69, 9.17) is 5.73 Å². The molecule has 3 N–H and O–H groups in total. The van der Waals surface area contributed by atoms with Crippen LogP contribution < -0.4 is 11.1 Å². The van der Waals surface area contributed by atoms with Crippen LogP contribution in [0.4, 0.5) is 15.8 Å². The summed E-state index contributed by atoms with van der Waals surface area (Å²) in [5.74, 6) is -0.989. The lowest BCUT2D eigenvalue weighted by atomic mass is 10.1. The molecule has 0 radical (unpaired) electrons. The van der Waals surface area contributed by atoms with E-state index in [0.717, 1.165) is 11.6 Å². The van der Waals surface area contributed by atoms with Crippen LogP contribution in [0.15, 0.2) is 36.7 Å². The number of amides is 1. The zero-order chi connectivity index (χ0) is 13.1. The molecule has 2 aromatic rings. The number of aryl methyl sites for hydroxylation is 1. The minimum Gasteiger partial charge on any atom is -0.396 e. The molecule has 92 valence electrons. The molecule has 1 aromatic heterocycles. The predicted octanol–water partition coefficient (Wildman–Crippen LogP) is 2.36. The van der Waals surface area contributed by atoms with Gasteiger partial charge in [-0.15, -0.1) is 0 Å². The Morgan fingerprint density at radius 2 is 2.17 bits per heavy atom. The van der Waals surface area contributed by atoms with E-state index in [0.29, 0.717) is 5.69 Å². The van der Waals surface area contributed by atoms with Gasteiger partial charge in [-0.1, -0.05) is 0 Å². The normalized spacial score (nSPS) is 10.1. The van der Waals surface area contributed by atoms with Gasteiger partial charge >= 0.3 is 0 Å². The summed E-state index contributed by atoms with van der Waals surface area (Å²) in [6.07, 6.45) is 3.21. The fourth-order valence-electron chi connectivity index (χ4n) is 1.48. The minimum absolute atomic E-state index is 0.0200. The molecule has 0 aliphatic heterocycles. The van der Waals surface area contributed by atoms with Gasteiger partial charge in [0.2, 0.25) is 0 Å². The molecule has 1 aromatic carbocycles. The average molecular weight is 245 g/mol. The Kier molecular flexibility index (Phi) is 3.23. The van der Waals surface area contributed by atoms with Crippen LogP contribution in [0.5, 0.6) is 0 Å². The van der Waals surface area contributed by atoms with Crippen molar-refractivity contribution in [3.63, 3.8) is 0 Å². The zero-order valence-electron chi connectivity index (χ0n) is 9.77. The van der Waals surface area contributed by atoms with Crippen molar-refractivity contribution in [3.8, 4) is 0 Å². The van der Waals surface area contributed by atoms with Crippen LogP contribution in [0, 0.1) is 12.7 Å².